The van der Waals surface area contributed by atoms with Crippen LogP contribution >= 0.6 is 0 Å². The number of aliphatic hydroxyl groups excluding tert-OH is 1. The van der Waals surface area contributed by atoms with E-state index in [-0.39, 0.29) is 18.6 Å². The Morgan fingerprint density at radius 2 is 2.19 bits per heavy atom. The zero-order valence-electron chi connectivity index (χ0n) is 12.7. The number of amides is 1. The topological polar surface area (TPSA) is 61.8 Å². The molecule has 0 saturated carbocycles. The van der Waals surface area contributed by atoms with Crippen molar-refractivity contribution in [2.45, 2.75) is 26.3 Å². The van der Waals surface area contributed by atoms with Crippen LogP contribution in [0.4, 0.5) is 5.69 Å². The Morgan fingerprint density at radius 1 is 1.48 bits per heavy atom. The number of nitrogens with zero attached hydrogens (tertiary/aromatic N) is 1. The molecule has 1 aromatic carbocycles. The van der Waals surface area contributed by atoms with Crippen LogP contribution in [0.2, 0.25) is 0 Å². The monoisotopic (exact) mass is 292 g/mol. The maximum absolute atomic E-state index is 12.3. The van der Waals surface area contributed by atoms with E-state index in [4.69, 9.17) is 4.74 Å². The molecule has 1 saturated heterocycles. The van der Waals surface area contributed by atoms with Crippen molar-refractivity contribution in [1.29, 1.82) is 0 Å². The SMILES string of the molecule is CCOc1ccc(NC(=O)C(C)N2CCC(CO)C2)cc1. The average molecular weight is 292 g/mol. The summed E-state index contributed by atoms with van der Waals surface area (Å²) in [6, 6.07) is 7.20. The minimum absolute atomic E-state index is 0.0160. The first kappa shape index (κ1) is 15.8. The van der Waals surface area contributed by atoms with Gasteiger partial charge in [-0.05, 0) is 57.0 Å². The van der Waals surface area contributed by atoms with E-state index in [1.807, 2.05) is 38.1 Å². The van der Waals surface area contributed by atoms with Crippen LogP contribution in [0, 0.1) is 5.92 Å². The summed E-state index contributed by atoms with van der Waals surface area (Å²) in [4.78, 5) is 14.4. The molecule has 5 nitrogen and oxygen atoms in total. The van der Waals surface area contributed by atoms with E-state index in [1.54, 1.807) is 0 Å². The summed E-state index contributed by atoms with van der Waals surface area (Å²) < 4.78 is 5.37. The molecule has 0 radical (unpaired) electrons. The van der Waals surface area contributed by atoms with Gasteiger partial charge in [0.15, 0.2) is 0 Å². The van der Waals surface area contributed by atoms with Gasteiger partial charge in [0.25, 0.3) is 0 Å². The number of hydrogen-bond acceptors (Lipinski definition) is 4. The molecule has 1 aliphatic rings. The lowest BCUT2D eigenvalue weighted by Crippen LogP contribution is -2.40. The third-order valence-corrected chi connectivity index (χ3v) is 3.94. The number of benzene rings is 1. The first-order valence-corrected chi connectivity index (χ1v) is 7.52. The van der Waals surface area contributed by atoms with Gasteiger partial charge in [-0.1, -0.05) is 0 Å². The van der Waals surface area contributed by atoms with Crippen molar-refractivity contribution < 1.29 is 14.6 Å². The number of anilines is 1. The summed E-state index contributed by atoms with van der Waals surface area (Å²) >= 11 is 0. The van der Waals surface area contributed by atoms with Gasteiger partial charge >= 0.3 is 0 Å². The van der Waals surface area contributed by atoms with Crippen LogP contribution in [0.5, 0.6) is 5.75 Å². The van der Waals surface area contributed by atoms with Crippen molar-refractivity contribution >= 4 is 11.6 Å². The second-order valence-electron chi connectivity index (χ2n) is 5.45. The van der Waals surface area contributed by atoms with Gasteiger partial charge < -0.3 is 15.2 Å². The van der Waals surface area contributed by atoms with Crippen LogP contribution in [0.1, 0.15) is 20.3 Å². The van der Waals surface area contributed by atoms with Crippen molar-refractivity contribution in [3.63, 3.8) is 0 Å². The van der Waals surface area contributed by atoms with E-state index in [1.165, 1.54) is 0 Å². The highest BCUT2D eigenvalue weighted by Gasteiger charge is 2.29. The summed E-state index contributed by atoms with van der Waals surface area (Å²) in [5.41, 5.74) is 0.771. The summed E-state index contributed by atoms with van der Waals surface area (Å²) in [7, 11) is 0. The Morgan fingerprint density at radius 3 is 2.76 bits per heavy atom. The van der Waals surface area contributed by atoms with Gasteiger partial charge in [-0.2, -0.15) is 0 Å². The Labute approximate surface area is 125 Å². The quantitative estimate of drug-likeness (QED) is 0.838. The molecule has 1 aromatic rings. The standard InChI is InChI=1S/C16H24N2O3/c1-3-21-15-6-4-14(5-7-15)17-16(20)12(2)18-9-8-13(10-18)11-19/h4-7,12-13,19H,3,8-11H2,1-2H3,(H,17,20). The molecule has 2 N–H and O–H groups in total. The molecule has 2 atom stereocenters. The molecule has 116 valence electrons. The molecule has 1 aliphatic heterocycles. The van der Waals surface area contributed by atoms with Crippen LogP contribution in [-0.4, -0.2) is 48.3 Å². The van der Waals surface area contributed by atoms with Crippen LogP contribution in [0.3, 0.4) is 0 Å². The minimum atomic E-state index is -0.187. The number of likely N-dealkylation sites (tertiary alicyclic amines) is 1. The summed E-state index contributed by atoms with van der Waals surface area (Å²) in [5, 5.41) is 12.1. The lowest BCUT2D eigenvalue weighted by Gasteiger charge is -2.23. The van der Waals surface area contributed by atoms with Gasteiger partial charge in [0.05, 0.1) is 12.6 Å². The molecule has 0 aromatic heterocycles. The maximum atomic E-state index is 12.3. The van der Waals surface area contributed by atoms with E-state index < -0.39 is 0 Å². The first-order valence-electron chi connectivity index (χ1n) is 7.52. The third-order valence-electron chi connectivity index (χ3n) is 3.94. The highest BCUT2D eigenvalue weighted by molar-refractivity contribution is 5.94. The second kappa shape index (κ2) is 7.43. The van der Waals surface area contributed by atoms with E-state index in [9.17, 15) is 9.90 Å². The molecular formula is C16H24N2O3. The Hall–Kier alpha value is -1.59. The van der Waals surface area contributed by atoms with Crippen LogP contribution in [0.15, 0.2) is 24.3 Å². The van der Waals surface area contributed by atoms with Crippen LogP contribution in [0.25, 0.3) is 0 Å². The number of rotatable bonds is 6. The molecule has 21 heavy (non-hydrogen) atoms. The summed E-state index contributed by atoms with van der Waals surface area (Å²) in [6.07, 6.45) is 0.956. The molecular weight excluding hydrogens is 268 g/mol. The van der Waals surface area contributed by atoms with Gasteiger partial charge in [0.2, 0.25) is 5.91 Å². The largest absolute Gasteiger partial charge is 0.494 e. The zero-order valence-corrected chi connectivity index (χ0v) is 12.7. The molecule has 1 heterocycles. The fourth-order valence-corrected chi connectivity index (χ4v) is 2.58. The van der Waals surface area contributed by atoms with Crippen molar-refractivity contribution in [2.75, 3.05) is 31.6 Å². The lowest BCUT2D eigenvalue weighted by molar-refractivity contribution is -0.120. The van der Waals surface area contributed by atoms with E-state index in [0.717, 1.165) is 30.9 Å². The average Bonchev–Trinajstić information content (AvgIpc) is 2.97. The first-order chi connectivity index (χ1) is 10.1. The van der Waals surface area contributed by atoms with Gasteiger partial charge in [0.1, 0.15) is 5.75 Å². The highest BCUT2D eigenvalue weighted by Crippen LogP contribution is 2.20. The Bertz CT molecular complexity index is 461. The fourth-order valence-electron chi connectivity index (χ4n) is 2.58. The molecule has 1 amide bonds. The van der Waals surface area contributed by atoms with Gasteiger partial charge in [-0.3, -0.25) is 9.69 Å². The van der Waals surface area contributed by atoms with Crippen LogP contribution < -0.4 is 10.1 Å². The number of carbonyl (C=O) groups excluding carboxylic acids is 1. The number of nitrogens with one attached hydrogen (secondary N) is 1. The summed E-state index contributed by atoms with van der Waals surface area (Å²) in [5.74, 6) is 1.08. The van der Waals surface area contributed by atoms with E-state index in [0.29, 0.717) is 12.5 Å². The molecule has 2 rings (SSSR count). The lowest BCUT2D eigenvalue weighted by atomic mass is 10.1. The van der Waals surface area contributed by atoms with Gasteiger partial charge in [-0.15, -0.1) is 0 Å². The Kier molecular flexibility index (Phi) is 5.59. The molecule has 0 aliphatic carbocycles. The predicted molar refractivity (Wildman–Crippen MR) is 82.5 cm³/mol. The number of carbonyl (C=O) groups is 1. The molecule has 0 bridgehead atoms. The van der Waals surface area contributed by atoms with Crippen molar-refractivity contribution in [1.82, 2.24) is 4.90 Å². The van der Waals surface area contributed by atoms with Crippen LogP contribution in [-0.2, 0) is 4.79 Å². The number of hydrogen-bond donors (Lipinski definition) is 2. The van der Waals surface area contributed by atoms with Gasteiger partial charge in [0, 0.05) is 18.8 Å². The molecule has 1 fully saturated rings. The highest BCUT2D eigenvalue weighted by atomic mass is 16.5. The fraction of sp³-hybridized carbons (Fsp3) is 0.562. The van der Waals surface area contributed by atoms with Crippen molar-refractivity contribution in [2.24, 2.45) is 5.92 Å². The Balaban J connectivity index is 1.88. The van der Waals surface area contributed by atoms with E-state index >= 15 is 0 Å². The van der Waals surface area contributed by atoms with Crippen molar-refractivity contribution in [3.05, 3.63) is 24.3 Å². The molecule has 0 spiro atoms. The number of aliphatic hydroxyl groups is 1. The third kappa shape index (κ3) is 4.19. The van der Waals surface area contributed by atoms with Gasteiger partial charge in [-0.25, -0.2) is 0 Å². The normalized spacial score (nSPS) is 20.2. The molecule has 2 unspecified atom stereocenters. The number of ether oxygens (including phenoxy) is 1. The summed E-state index contributed by atoms with van der Waals surface area (Å²) in [6.45, 7) is 6.32. The van der Waals surface area contributed by atoms with Crippen molar-refractivity contribution in [3.8, 4) is 5.75 Å². The predicted octanol–water partition coefficient (Wildman–Crippen LogP) is 1.73. The van der Waals surface area contributed by atoms with E-state index in [2.05, 4.69) is 10.2 Å². The minimum Gasteiger partial charge on any atom is -0.494 e. The molecule has 5 heteroatoms. The smallest absolute Gasteiger partial charge is 0.241 e. The maximum Gasteiger partial charge on any atom is 0.241 e. The zero-order chi connectivity index (χ0) is 15.2. The second-order valence-corrected chi connectivity index (χ2v) is 5.45.